The highest BCUT2D eigenvalue weighted by Gasteiger charge is 2.41. The van der Waals surface area contributed by atoms with E-state index < -0.39 is 9.84 Å². The van der Waals surface area contributed by atoms with Crippen LogP contribution in [0.25, 0.3) is 0 Å². The highest BCUT2D eigenvalue weighted by Crippen LogP contribution is 2.37. The summed E-state index contributed by atoms with van der Waals surface area (Å²) in [5.41, 5.74) is -0.188. The molecule has 1 saturated carbocycles. The van der Waals surface area contributed by atoms with Gasteiger partial charge < -0.3 is 10.1 Å². The predicted octanol–water partition coefficient (Wildman–Crippen LogP) is 2.38. The maximum Gasteiger partial charge on any atom is 0.147 e. The number of hydrogen-bond donors (Lipinski definition) is 1. The van der Waals surface area contributed by atoms with Gasteiger partial charge in [0, 0.05) is 19.4 Å². The molecule has 1 unspecified atom stereocenters. The van der Waals surface area contributed by atoms with Crippen LogP contribution < -0.4 is 5.32 Å². The Labute approximate surface area is 124 Å². The number of hydrogen-bond acceptors (Lipinski definition) is 4. The van der Waals surface area contributed by atoms with Gasteiger partial charge in [0.1, 0.15) is 9.84 Å². The molecule has 1 N–H and O–H groups in total. The molecule has 1 aliphatic carbocycles. The second-order valence-electron chi connectivity index (χ2n) is 6.38. The van der Waals surface area contributed by atoms with E-state index in [1.807, 2.05) is 0 Å². The van der Waals surface area contributed by atoms with Crippen LogP contribution in [-0.2, 0) is 14.6 Å². The van der Waals surface area contributed by atoms with E-state index in [-0.39, 0.29) is 17.4 Å². The van der Waals surface area contributed by atoms with Gasteiger partial charge in [-0.05, 0) is 51.0 Å². The quantitative estimate of drug-likeness (QED) is 0.748. The fourth-order valence-corrected chi connectivity index (χ4v) is 3.81. The van der Waals surface area contributed by atoms with Gasteiger partial charge in [0.05, 0.1) is 11.4 Å². The first-order chi connectivity index (χ1) is 9.33. The zero-order valence-electron chi connectivity index (χ0n) is 13.4. The van der Waals surface area contributed by atoms with E-state index in [1.54, 1.807) is 7.11 Å². The van der Waals surface area contributed by atoms with Crippen molar-refractivity contribution in [3.8, 4) is 0 Å². The van der Waals surface area contributed by atoms with Gasteiger partial charge in [0.2, 0.25) is 0 Å². The highest BCUT2D eigenvalue weighted by molar-refractivity contribution is 7.90. The number of ether oxygens (including phenoxy) is 1. The van der Waals surface area contributed by atoms with Crippen LogP contribution in [0.15, 0.2) is 0 Å². The minimum absolute atomic E-state index is 0.134. The monoisotopic (exact) mass is 305 g/mol. The molecule has 0 heterocycles. The van der Waals surface area contributed by atoms with Crippen LogP contribution >= 0.6 is 0 Å². The molecule has 4 nitrogen and oxygen atoms in total. The fraction of sp³-hybridized carbons (Fsp3) is 1.00. The molecular formula is C15H31NO3S. The van der Waals surface area contributed by atoms with Crippen molar-refractivity contribution in [3.63, 3.8) is 0 Å². The number of rotatable bonds is 8. The van der Waals surface area contributed by atoms with Crippen molar-refractivity contribution in [1.82, 2.24) is 5.32 Å². The van der Waals surface area contributed by atoms with Gasteiger partial charge in [-0.3, -0.25) is 0 Å². The molecule has 0 saturated heterocycles. The third-order valence-corrected chi connectivity index (χ3v) is 5.56. The number of nitrogens with one attached hydrogen (secondary N) is 1. The molecule has 0 bridgehead atoms. The van der Waals surface area contributed by atoms with Crippen LogP contribution in [-0.4, -0.2) is 45.7 Å². The van der Waals surface area contributed by atoms with Gasteiger partial charge in [-0.2, -0.15) is 0 Å². The van der Waals surface area contributed by atoms with Crippen LogP contribution in [0.2, 0.25) is 0 Å². The second kappa shape index (κ2) is 7.76. The van der Waals surface area contributed by atoms with Crippen LogP contribution in [0, 0.1) is 5.92 Å². The van der Waals surface area contributed by atoms with Crippen molar-refractivity contribution < 1.29 is 13.2 Å². The lowest BCUT2D eigenvalue weighted by Gasteiger charge is -2.44. The normalized spacial score (nSPS) is 29.3. The zero-order valence-corrected chi connectivity index (χ0v) is 14.3. The van der Waals surface area contributed by atoms with Crippen molar-refractivity contribution in [2.75, 3.05) is 25.7 Å². The molecule has 0 amide bonds. The summed E-state index contributed by atoms with van der Waals surface area (Å²) in [6.07, 6.45) is 7.37. The summed E-state index contributed by atoms with van der Waals surface area (Å²) in [5, 5.41) is 3.53. The maximum atomic E-state index is 11.5. The average Bonchev–Trinajstić information content (AvgIpc) is 2.39. The molecule has 0 aromatic heterocycles. The van der Waals surface area contributed by atoms with E-state index in [0.29, 0.717) is 6.42 Å². The molecule has 0 radical (unpaired) electrons. The van der Waals surface area contributed by atoms with E-state index in [1.165, 1.54) is 6.26 Å². The molecule has 20 heavy (non-hydrogen) atoms. The van der Waals surface area contributed by atoms with E-state index in [9.17, 15) is 8.42 Å². The Bertz CT molecular complexity index is 373. The predicted molar refractivity (Wildman–Crippen MR) is 83.8 cm³/mol. The first-order valence-corrected chi connectivity index (χ1v) is 9.85. The summed E-state index contributed by atoms with van der Waals surface area (Å²) in [5.74, 6) is 0.981. The lowest BCUT2D eigenvalue weighted by Crippen LogP contribution is -2.54. The SMILES string of the molecule is CCCNC(CCS(C)(=O)=O)C1(OC)CCC(C)CC1. The molecule has 1 fully saturated rings. The summed E-state index contributed by atoms with van der Waals surface area (Å²) in [6, 6.07) is 0.134. The van der Waals surface area contributed by atoms with Gasteiger partial charge in [0.25, 0.3) is 0 Å². The first-order valence-electron chi connectivity index (χ1n) is 7.79. The molecule has 120 valence electrons. The van der Waals surface area contributed by atoms with E-state index >= 15 is 0 Å². The third kappa shape index (κ3) is 5.34. The van der Waals surface area contributed by atoms with Crippen molar-refractivity contribution in [2.24, 2.45) is 5.92 Å². The standard InChI is InChI=1S/C15H31NO3S/c1-5-11-16-14(8-12-20(4,17)18)15(19-3)9-6-13(2)7-10-15/h13-14,16H,5-12H2,1-4H3. The molecular weight excluding hydrogens is 274 g/mol. The van der Waals surface area contributed by atoms with Crippen LogP contribution in [0.4, 0.5) is 0 Å². The zero-order chi connectivity index (χ0) is 15.2. The number of methoxy groups -OCH3 is 1. The molecule has 0 aromatic carbocycles. The molecule has 1 rings (SSSR count). The molecule has 5 heteroatoms. The smallest absolute Gasteiger partial charge is 0.147 e. The summed E-state index contributed by atoms with van der Waals surface area (Å²) in [7, 11) is -1.15. The van der Waals surface area contributed by atoms with Crippen molar-refractivity contribution in [1.29, 1.82) is 0 Å². The topological polar surface area (TPSA) is 55.4 Å². The third-order valence-electron chi connectivity index (χ3n) is 4.58. The Hall–Kier alpha value is -0.130. The van der Waals surface area contributed by atoms with Gasteiger partial charge in [-0.1, -0.05) is 13.8 Å². The van der Waals surface area contributed by atoms with Crippen LogP contribution in [0.3, 0.4) is 0 Å². The minimum atomic E-state index is -2.92. The van der Waals surface area contributed by atoms with Crippen LogP contribution in [0.1, 0.15) is 52.4 Å². The summed E-state index contributed by atoms with van der Waals surface area (Å²) < 4.78 is 28.8. The van der Waals surface area contributed by atoms with Crippen molar-refractivity contribution in [2.45, 2.75) is 64.0 Å². The Kier molecular flexibility index (Phi) is 6.95. The first kappa shape index (κ1) is 17.9. The molecule has 1 atom stereocenters. The van der Waals surface area contributed by atoms with Crippen molar-refractivity contribution in [3.05, 3.63) is 0 Å². The lowest BCUT2D eigenvalue weighted by molar-refractivity contribution is -0.0752. The molecule has 1 aliphatic rings. The Morgan fingerprint density at radius 2 is 1.95 bits per heavy atom. The molecule has 0 aromatic rings. The number of sulfone groups is 1. The summed E-state index contributed by atoms with van der Waals surface area (Å²) in [4.78, 5) is 0. The summed E-state index contributed by atoms with van der Waals surface area (Å²) in [6.45, 7) is 5.32. The Morgan fingerprint density at radius 3 is 2.40 bits per heavy atom. The summed E-state index contributed by atoms with van der Waals surface area (Å²) >= 11 is 0. The second-order valence-corrected chi connectivity index (χ2v) is 8.64. The minimum Gasteiger partial charge on any atom is -0.377 e. The van der Waals surface area contributed by atoms with E-state index in [4.69, 9.17) is 4.74 Å². The largest absolute Gasteiger partial charge is 0.377 e. The van der Waals surface area contributed by atoms with Gasteiger partial charge in [-0.15, -0.1) is 0 Å². The maximum absolute atomic E-state index is 11.5. The van der Waals surface area contributed by atoms with Gasteiger partial charge >= 0.3 is 0 Å². The lowest BCUT2D eigenvalue weighted by atomic mass is 9.74. The average molecular weight is 305 g/mol. The molecule has 0 aliphatic heterocycles. The Morgan fingerprint density at radius 1 is 1.35 bits per heavy atom. The van der Waals surface area contributed by atoms with E-state index in [2.05, 4.69) is 19.2 Å². The van der Waals surface area contributed by atoms with Crippen LogP contribution in [0.5, 0.6) is 0 Å². The Balaban J connectivity index is 2.77. The van der Waals surface area contributed by atoms with Gasteiger partial charge in [0.15, 0.2) is 0 Å². The highest BCUT2D eigenvalue weighted by atomic mass is 32.2. The van der Waals surface area contributed by atoms with Gasteiger partial charge in [-0.25, -0.2) is 8.42 Å². The molecule has 0 spiro atoms. The fourth-order valence-electron chi connectivity index (χ4n) is 3.15. The van der Waals surface area contributed by atoms with Crippen molar-refractivity contribution >= 4 is 9.84 Å². The van der Waals surface area contributed by atoms with E-state index in [0.717, 1.165) is 44.6 Å².